The minimum absolute atomic E-state index is 0.0633. The lowest BCUT2D eigenvalue weighted by atomic mass is 10.1. The van der Waals surface area contributed by atoms with Gasteiger partial charge in [0.1, 0.15) is 0 Å². The van der Waals surface area contributed by atoms with Gasteiger partial charge in [0.05, 0.1) is 5.25 Å². The maximum absolute atomic E-state index is 12.3. The normalized spacial score (nSPS) is 12.0. The zero-order valence-electron chi connectivity index (χ0n) is 12.7. The van der Waals surface area contributed by atoms with Crippen molar-refractivity contribution in [3.8, 4) is 0 Å². The third kappa shape index (κ3) is 4.36. The number of thioether (sulfide) groups is 1. The summed E-state index contributed by atoms with van der Waals surface area (Å²) in [4.78, 5) is 12.3. The standard InChI is InChI=1S/C18H21NOS/c1-13-8-7-9-14(2)17(13)19-18(20)15(3)21-12-16-10-5-4-6-11-16/h4-11,15H,12H2,1-3H3,(H,19,20)/t15-/m0/s1. The van der Waals surface area contributed by atoms with Crippen molar-refractivity contribution in [2.24, 2.45) is 0 Å². The van der Waals surface area contributed by atoms with Gasteiger partial charge in [0.25, 0.3) is 0 Å². The molecule has 2 aromatic carbocycles. The molecular formula is C18H21NOS. The average molecular weight is 299 g/mol. The number of carbonyl (C=O) groups is 1. The molecule has 0 aliphatic rings. The maximum Gasteiger partial charge on any atom is 0.237 e. The molecular weight excluding hydrogens is 278 g/mol. The highest BCUT2D eigenvalue weighted by atomic mass is 32.2. The van der Waals surface area contributed by atoms with E-state index < -0.39 is 0 Å². The van der Waals surface area contributed by atoms with Gasteiger partial charge in [0.15, 0.2) is 0 Å². The van der Waals surface area contributed by atoms with Crippen LogP contribution < -0.4 is 5.32 Å². The number of hydrogen-bond donors (Lipinski definition) is 1. The summed E-state index contributed by atoms with van der Waals surface area (Å²) in [6, 6.07) is 16.3. The minimum Gasteiger partial charge on any atom is -0.325 e. The van der Waals surface area contributed by atoms with Crippen LogP contribution in [0.25, 0.3) is 0 Å². The number of amides is 1. The fourth-order valence-electron chi connectivity index (χ4n) is 2.11. The number of carbonyl (C=O) groups excluding carboxylic acids is 1. The van der Waals surface area contributed by atoms with Crippen molar-refractivity contribution in [3.05, 3.63) is 65.2 Å². The van der Waals surface area contributed by atoms with Crippen LogP contribution in [-0.2, 0) is 10.5 Å². The zero-order valence-corrected chi connectivity index (χ0v) is 13.5. The minimum atomic E-state index is -0.0794. The van der Waals surface area contributed by atoms with Crippen LogP contribution in [-0.4, -0.2) is 11.2 Å². The van der Waals surface area contributed by atoms with Crippen LogP contribution in [0.2, 0.25) is 0 Å². The Morgan fingerprint density at radius 3 is 2.29 bits per heavy atom. The van der Waals surface area contributed by atoms with Crippen LogP contribution in [0.1, 0.15) is 23.6 Å². The highest BCUT2D eigenvalue weighted by Crippen LogP contribution is 2.23. The molecule has 1 amide bonds. The molecule has 0 bridgehead atoms. The summed E-state index contributed by atoms with van der Waals surface area (Å²) in [6.45, 7) is 5.99. The predicted octanol–water partition coefficient (Wildman–Crippen LogP) is 4.56. The molecule has 0 aliphatic heterocycles. The monoisotopic (exact) mass is 299 g/mol. The summed E-state index contributed by atoms with van der Waals surface area (Å²) in [5.74, 6) is 0.913. The predicted molar refractivity (Wildman–Crippen MR) is 91.7 cm³/mol. The van der Waals surface area contributed by atoms with Crippen molar-refractivity contribution >= 4 is 23.4 Å². The van der Waals surface area contributed by atoms with Gasteiger partial charge in [-0.15, -0.1) is 11.8 Å². The first-order chi connectivity index (χ1) is 10.1. The number of aryl methyl sites for hydroxylation is 2. The number of anilines is 1. The van der Waals surface area contributed by atoms with E-state index in [-0.39, 0.29) is 11.2 Å². The fraction of sp³-hybridized carbons (Fsp3) is 0.278. The van der Waals surface area contributed by atoms with Crippen LogP contribution in [0.15, 0.2) is 48.5 Å². The molecule has 0 saturated carbocycles. The highest BCUT2D eigenvalue weighted by molar-refractivity contribution is 7.99. The Morgan fingerprint density at radius 1 is 1.05 bits per heavy atom. The number of hydrogen-bond acceptors (Lipinski definition) is 2. The summed E-state index contributed by atoms with van der Waals surface area (Å²) in [7, 11) is 0. The first-order valence-electron chi connectivity index (χ1n) is 7.10. The lowest BCUT2D eigenvalue weighted by Crippen LogP contribution is -2.23. The molecule has 1 atom stereocenters. The number of rotatable bonds is 5. The van der Waals surface area contributed by atoms with Gasteiger partial charge in [-0.1, -0.05) is 48.5 Å². The lowest BCUT2D eigenvalue weighted by molar-refractivity contribution is -0.115. The summed E-state index contributed by atoms with van der Waals surface area (Å²) < 4.78 is 0. The second kappa shape index (κ2) is 7.32. The van der Waals surface area contributed by atoms with E-state index in [4.69, 9.17) is 0 Å². The van der Waals surface area contributed by atoms with Gasteiger partial charge in [-0.25, -0.2) is 0 Å². The van der Waals surface area contributed by atoms with Gasteiger partial charge in [-0.05, 0) is 37.5 Å². The molecule has 0 heterocycles. The Labute approximate surface area is 131 Å². The Hall–Kier alpha value is -1.74. The largest absolute Gasteiger partial charge is 0.325 e. The van der Waals surface area contributed by atoms with Crippen molar-refractivity contribution < 1.29 is 4.79 Å². The van der Waals surface area contributed by atoms with E-state index in [2.05, 4.69) is 17.4 Å². The molecule has 0 saturated heterocycles. The molecule has 2 rings (SSSR count). The van der Waals surface area contributed by atoms with Crippen LogP contribution in [0, 0.1) is 13.8 Å². The third-order valence-electron chi connectivity index (χ3n) is 3.44. The summed E-state index contributed by atoms with van der Waals surface area (Å²) in [6.07, 6.45) is 0. The van der Waals surface area contributed by atoms with E-state index in [0.717, 1.165) is 22.6 Å². The van der Waals surface area contributed by atoms with E-state index >= 15 is 0 Å². The van der Waals surface area contributed by atoms with Crippen LogP contribution in [0.4, 0.5) is 5.69 Å². The topological polar surface area (TPSA) is 29.1 Å². The van der Waals surface area contributed by atoms with E-state index in [0.29, 0.717) is 0 Å². The van der Waals surface area contributed by atoms with Gasteiger partial charge in [-0.2, -0.15) is 0 Å². The van der Waals surface area contributed by atoms with E-state index in [9.17, 15) is 4.79 Å². The molecule has 2 aromatic rings. The Bertz CT molecular complexity index is 590. The molecule has 0 aromatic heterocycles. The quantitative estimate of drug-likeness (QED) is 0.876. The van der Waals surface area contributed by atoms with Crippen molar-refractivity contribution in [2.45, 2.75) is 31.8 Å². The SMILES string of the molecule is Cc1cccc(C)c1NC(=O)[C@H](C)SCc1ccccc1. The smallest absolute Gasteiger partial charge is 0.237 e. The first-order valence-corrected chi connectivity index (χ1v) is 8.15. The zero-order chi connectivity index (χ0) is 15.2. The van der Waals surface area contributed by atoms with Crippen molar-refractivity contribution in [1.82, 2.24) is 0 Å². The van der Waals surface area contributed by atoms with Crippen molar-refractivity contribution in [2.75, 3.05) is 5.32 Å². The molecule has 0 aliphatic carbocycles. The highest BCUT2D eigenvalue weighted by Gasteiger charge is 2.15. The number of nitrogens with one attached hydrogen (secondary N) is 1. The molecule has 0 spiro atoms. The molecule has 0 fully saturated rings. The Kier molecular flexibility index (Phi) is 5.45. The maximum atomic E-state index is 12.3. The lowest BCUT2D eigenvalue weighted by Gasteiger charge is -2.15. The molecule has 3 heteroatoms. The summed E-state index contributed by atoms with van der Waals surface area (Å²) in [5.41, 5.74) is 4.39. The van der Waals surface area contributed by atoms with Crippen LogP contribution >= 0.6 is 11.8 Å². The average Bonchev–Trinajstić information content (AvgIpc) is 2.49. The molecule has 2 nitrogen and oxygen atoms in total. The van der Waals surface area contributed by atoms with Crippen LogP contribution in [0.3, 0.4) is 0 Å². The summed E-state index contributed by atoms with van der Waals surface area (Å²) >= 11 is 1.66. The van der Waals surface area contributed by atoms with Crippen molar-refractivity contribution in [3.63, 3.8) is 0 Å². The van der Waals surface area contributed by atoms with Gasteiger partial charge < -0.3 is 5.32 Å². The summed E-state index contributed by atoms with van der Waals surface area (Å²) in [5, 5.41) is 2.98. The van der Waals surface area contributed by atoms with E-state index in [1.165, 1.54) is 5.56 Å². The van der Waals surface area contributed by atoms with Gasteiger partial charge in [0, 0.05) is 11.4 Å². The Morgan fingerprint density at radius 2 is 1.67 bits per heavy atom. The second-order valence-corrected chi connectivity index (χ2v) is 6.52. The fourth-order valence-corrected chi connectivity index (χ4v) is 2.95. The molecule has 21 heavy (non-hydrogen) atoms. The molecule has 1 N–H and O–H groups in total. The van der Waals surface area contributed by atoms with E-state index in [1.54, 1.807) is 11.8 Å². The van der Waals surface area contributed by atoms with Gasteiger partial charge in [-0.3, -0.25) is 4.79 Å². The molecule has 0 unspecified atom stereocenters. The second-order valence-electron chi connectivity index (χ2n) is 5.19. The van der Waals surface area contributed by atoms with Crippen LogP contribution in [0.5, 0.6) is 0 Å². The van der Waals surface area contributed by atoms with Gasteiger partial charge in [0.2, 0.25) is 5.91 Å². The molecule has 110 valence electrons. The van der Waals surface area contributed by atoms with Gasteiger partial charge >= 0.3 is 0 Å². The first kappa shape index (κ1) is 15.6. The molecule has 0 radical (unpaired) electrons. The third-order valence-corrected chi connectivity index (χ3v) is 4.66. The van der Waals surface area contributed by atoms with E-state index in [1.807, 2.05) is 57.2 Å². The number of para-hydroxylation sites is 1. The Balaban J connectivity index is 1.94. The number of benzene rings is 2. The van der Waals surface area contributed by atoms with Crippen molar-refractivity contribution in [1.29, 1.82) is 0 Å².